The van der Waals surface area contributed by atoms with Gasteiger partial charge in [0.1, 0.15) is 18.2 Å². The molecule has 8 heteroatoms. The van der Waals surface area contributed by atoms with Gasteiger partial charge in [-0.15, -0.1) is 22.7 Å². The Bertz CT molecular complexity index is 1140. The number of benzene rings is 2. The molecule has 0 aliphatic heterocycles. The number of carbonyl (C=O) groups is 1. The van der Waals surface area contributed by atoms with E-state index < -0.39 is 0 Å². The zero-order chi connectivity index (χ0) is 20.2. The van der Waals surface area contributed by atoms with Crippen LogP contribution >= 0.6 is 22.7 Å². The topological polar surface area (TPSA) is 64.1 Å². The zero-order valence-corrected chi connectivity index (χ0v) is 17.0. The molecule has 0 spiro atoms. The highest BCUT2D eigenvalue weighted by atomic mass is 32.1. The van der Waals surface area contributed by atoms with Crippen LogP contribution in [0.3, 0.4) is 0 Å². The molecule has 2 aromatic carbocycles. The number of ether oxygens (including phenoxy) is 1. The molecule has 1 N–H and O–H groups in total. The minimum absolute atomic E-state index is 0.271. The van der Waals surface area contributed by atoms with Crippen LogP contribution in [0.15, 0.2) is 59.3 Å². The van der Waals surface area contributed by atoms with Crippen LogP contribution in [0.25, 0.3) is 11.3 Å². The molecule has 0 radical (unpaired) electrons. The molecule has 146 valence electrons. The van der Waals surface area contributed by atoms with Crippen molar-refractivity contribution in [3.63, 3.8) is 0 Å². The lowest BCUT2D eigenvalue weighted by atomic mass is 10.2. The smallest absolute Gasteiger partial charge is 0.257 e. The minimum Gasteiger partial charge on any atom is -0.487 e. The number of hydrogen-bond acceptors (Lipinski definition) is 6. The van der Waals surface area contributed by atoms with E-state index in [9.17, 15) is 9.18 Å². The van der Waals surface area contributed by atoms with Gasteiger partial charge in [-0.2, -0.15) is 0 Å². The first-order chi connectivity index (χ1) is 14.1. The fraction of sp³-hybridized carbons (Fsp3) is 0.0952. The van der Waals surface area contributed by atoms with Crippen molar-refractivity contribution in [2.45, 2.75) is 13.5 Å². The van der Waals surface area contributed by atoms with Gasteiger partial charge < -0.3 is 4.74 Å². The van der Waals surface area contributed by atoms with Gasteiger partial charge in [0.2, 0.25) is 0 Å². The minimum atomic E-state index is -0.326. The van der Waals surface area contributed by atoms with Gasteiger partial charge in [-0.05, 0) is 43.3 Å². The Labute approximate surface area is 174 Å². The Hall–Kier alpha value is -3.10. The largest absolute Gasteiger partial charge is 0.487 e. The number of hydrogen-bond donors (Lipinski definition) is 1. The highest BCUT2D eigenvalue weighted by Crippen LogP contribution is 2.26. The number of thiazole rings is 2. The maximum absolute atomic E-state index is 13.4. The monoisotopic (exact) mass is 425 g/mol. The van der Waals surface area contributed by atoms with E-state index in [1.165, 1.54) is 23.5 Å². The highest BCUT2D eigenvalue weighted by molar-refractivity contribution is 7.14. The highest BCUT2D eigenvalue weighted by Gasteiger charge is 2.11. The van der Waals surface area contributed by atoms with Crippen molar-refractivity contribution in [1.82, 2.24) is 9.97 Å². The van der Waals surface area contributed by atoms with E-state index in [0.717, 1.165) is 10.7 Å². The molecule has 4 aromatic rings. The average Bonchev–Trinajstić information content (AvgIpc) is 3.36. The Morgan fingerprint density at radius 2 is 1.93 bits per heavy atom. The Kier molecular flexibility index (Phi) is 5.64. The summed E-state index contributed by atoms with van der Waals surface area (Å²) < 4.78 is 19.1. The van der Waals surface area contributed by atoms with E-state index in [1.807, 2.05) is 12.3 Å². The van der Waals surface area contributed by atoms with Crippen molar-refractivity contribution in [3.8, 4) is 17.0 Å². The molecule has 0 aliphatic carbocycles. The van der Waals surface area contributed by atoms with Crippen LogP contribution in [0.2, 0.25) is 0 Å². The van der Waals surface area contributed by atoms with Gasteiger partial charge in [-0.3, -0.25) is 10.1 Å². The van der Waals surface area contributed by atoms with Gasteiger partial charge in [0.05, 0.1) is 16.4 Å². The summed E-state index contributed by atoms with van der Waals surface area (Å²) in [5.74, 6) is 0.0648. The summed E-state index contributed by atoms with van der Waals surface area (Å²) in [6.07, 6.45) is 0. The lowest BCUT2D eigenvalue weighted by molar-refractivity contribution is 0.102. The molecule has 1 amide bonds. The number of amides is 1. The maximum Gasteiger partial charge on any atom is 0.257 e. The van der Waals surface area contributed by atoms with E-state index >= 15 is 0 Å². The standard InChI is InChI=1S/C21H16FN3O2S2/c1-13-23-17(11-28-13)10-27-18-7-5-14(6-8-18)20(26)25-21-24-19(12-29-21)15-3-2-4-16(22)9-15/h2-9,11-12H,10H2,1H3,(H,24,25,26). The molecule has 0 atom stereocenters. The van der Waals surface area contributed by atoms with E-state index in [0.29, 0.717) is 34.3 Å². The summed E-state index contributed by atoms with van der Waals surface area (Å²) >= 11 is 2.87. The van der Waals surface area contributed by atoms with Gasteiger partial charge in [0.15, 0.2) is 5.13 Å². The van der Waals surface area contributed by atoms with Crippen molar-refractivity contribution in [2.75, 3.05) is 5.32 Å². The van der Waals surface area contributed by atoms with Crippen LogP contribution in [0.1, 0.15) is 21.1 Å². The van der Waals surface area contributed by atoms with Gasteiger partial charge in [-0.1, -0.05) is 12.1 Å². The molecule has 5 nitrogen and oxygen atoms in total. The number of nitrogens with one attached hydrogen (secondary N) is 1. The Morgan fingerprint density at radius 3 is 2.66 bits per heavy atom. The molecule has 0 bridgehead atoms. The van der Waals surface area contributed by atoms with E-state index in [2.05, 4.69) is 15.3 Å². The van der Waals surface area contributed by atoms with Crippen molar-refractivity contribution in [1.29, 1.82) is 0 Å². The second-order valence-corrected chi connectivity index (χ2v) is 8.09. The maximum atomic E-state index is 13.4. The zero-order valence-electron chi connectivity index (χ0n) is 15.4. The third-order valence-corrected chi connectivity index (χ3v) is 5.59. The number of rotatable bonds is 6. The van der Waals surface area contributed by atoms with Crippen molar-refractivity contribution < 1.29 is 13.9 Å². The summed E-state index contributed by atoms with van der Waals surface area (Å²) in [6.45, 7) is 2.34. The number of nitrogens with zero attached hydrogens (tertiary/aromatic N) is 2. The molecule has 29 heavy (non-hydrogen) atoms. The first kappa shape index (κ1) is 19.2. The van der Waals surface area contributed by atoms with Crippen LogP contribution in [0.4, 0.5) is 9.52 Å². The van der Waals surface area contributed by atoms with Gasteiger partial charge in [-0.25, -0.2) is 14.4 Å². The summed E-state index contributed by atoms with van der Waals surface area (Å²) in [7, 11) is 0. The summed E-state index contributed by atoms with van der Waals surface area (Å²) in [5.41, 5.74) is 2.65. The van der Waals surface area contributed by atoms with Crippen molar-refractivity contribution in [2.24, 2.45) is 0 Å². The number of carbonyl (C=O) groups excluding carboxylic acids is 1. The summed E-state index contributed by atoms with van der Waals surface area (Å²) in [4.78, 5) is 21.2. The van der Waals surface area contributed by atoms with Gasteiger partial charge >= 0.3 is 0 Å². The quantitative estimate of drug-likeness (QED) is 0.440. The fourth-order valence-corrected chi connectivity index (χ4v) is 3.93. The van der Waals surface area contributed by atoms with Crippen LogP contribution in [0, 0.1) is 12.7 Å². The normalized spacial score (nSPS) is 10.7. The molecule has 4 rings (SSSR count). The van der Waals surface area contributed by atoms with Crippen LogP contribution in [-0.2, 0) is 6.61 Å². The number of aryl methyl sites for hydroxylation is 1. The summed E-state index contributed by atoms with van der Waals surface area (Å²) in [5, 5.41) is 7.96. The molecule has 0 saturated heterocycles. The SMILES string of the molecule is Cc1nc(COc2ccc(C(=O)Nc3nc(-c4cccc(F)c4)cs3)cc2)cs1. The molecular formula is C21H16FN3O2S2. The third-order valence-electron chi connectivity index (χ3n) is 4.01. The van der Waals surface area contributed by atoms with Crippen molar-refractivity contribution >= 4 is 33.7 Å². The number of anilines is 1. The lowest BCUT2D eigenvalue weighted by Gasteiger charge is -2.06. The molecule has 0 fully saturated rings. The number of halogens is 1. The predicted molar refractivity (Wildman–Crippen MR) is 113 cm³/mol. The van der Waals surface area contributed by atoms with E-state index in [-0.39, 0.29) is 11.7 Å². The molecule has 0 aliphatic rings. The Balaban J connectivity index is 1.37. The second-order valence-electron chi connectivity index (χ2n) is 6.17. The van der Waals surface area contributed by atoms with Gasteiger partial charge in [0, 0.05) is 21.9 Å². The lowest BCUT2D eigenvalue weighted by Crippen LogP contribution is -2.11. The second kappa shape index (κ2) is 8.50. The summed E-state index contributed by atoms with van der Waals surface area (Å²) in [6, 6.07) is 13.1. The Morgan fingerprint density at radius 1 is 1.10 bits per heavy atom. The average molecular weight is 426 g/mol. The van der Waals surface area contributed by atoms with Crippen molar-refractivity contribution in [3.05, 3.63) is 81.4 Å². The fourth-order valence-electron chi connectivity index (χ4n) is 2.62. The molecule has 0 saturated carbocycles. The van der Waals surface area contributed by atoms with Gasteiger partial charge in [0.25, 0.3) is 5.91 Å². The number of aromatic nitrogens is 2. The van der Waals surface area contributed by atoms with E-state index in [4.69, 9.17) is 4.74 Å². The first-order valence-corrected chi connectivity index (χ1v) is 10.5. The van der Waals surface area contributed by atoms with Crippen LogP contribution in [0.5, 0.6) is 5.75 Å². The predicted octanol–water partition coefficient (Wildman–Crippen LogP) is 5.55. The molecule has 2 aromatic heterocycles. The third kappa shape index (κ3) is 4.85. The van der Waals surface area contributed by atoms with Crippen LogP contribution in [-0.4, -0.2) is 15.9 Å². The first-order valence-electron chi connectivity index (χ1n) is 8.73. The van der Waals surface area contributed by atoms with E-state index in [1.54, 1.807) is 53.1 Å². The van der Waals surface area contributed by atoms with Crippen LogP contribution < -0.4 is 10.1 Å². The molecule has 2 heterocycles. The molecular weight excluding hydrogens is 409 g/mol. The molecule has 0 unspecified atom stereocenters.